The first kappa shape index (κ1) is 10.6. The summed E-state index contributed by atoms with van der Waals surface area (Å²) in [7, 11) is 0. The summed E-state index contributed by atoms with van der Waals surface area (Å²) in [6, 6.07) is 0. The molecule has 0 amide bonds. The molecule has 0 aromatic carbocycles. The van der Waals surface area contributed by atoms with Gasteiger partial charge in [-0.2, -0.15) is 0 Å². The standard InChI is InChI=1S/C10H16S/c1-5-9(2)7-6-8-10(3)11-4/h6-8H,3,5H2,1-2,4H3/b8-6-,9-7-. The van der Waals surface area contributed by atoms with E-state index < -0.39 is 0 Å². The van der Waals surface area contributed by atoms with Gasteiger partial charge in [0, 0.05) is 0 Å². The third-order valence-electron chi connectivity index (χ3n) is 1.48. The molecule has 0 aromatic rings. The van der Waals surface area contributed by atoms with E-state index in [1.807, 2.05) is 12.3 Å². The van der Waals surface area contributed by atoms with Gasteiger partial charge in [0.1, 0.15) is 0 Å². The minimum absolute atomic E-state index is 1.10. The van der Waals surface area contributed by atoms with Crippen molar-refractivity contribution in [3.63, 3.8) is 0 Å². The lowest BCUT2D eigenvalue weighted by atomic mass is 10.2. The normalized spacial score (nSPS) is 12.5. The van der Waals surface area contributed by atoms with E-state index in [1.165, 1.54) is 5.57 Å². The fourth-order valence-corrected chi connectivity index (χ4v) is 0.720. The SMILES string of the molecule is C=C(/C=C\C=C(\C)CC)SC. The fourth-order valence-electron chi connectivity index (χ4n) is 0.506. The molecule has 0 aliphatic heterocycles. The van der Waals surface area contributed by atoms with E-state index in [9.17, 15) is 0 Å². The first-order valence-electron chi connectivity index (χ1n) is 3.77. The number of allylic oxidation sites excluding steroid dienone is 4. The van der Waals surface area contributed by atoms with Gasteiger partial charge in [-0.05, 0) is 30.6 Å². The molecule has 62 valence electrons. The van der Waals surface area contributed by atoms with Gasteiger partial charge in [-0.15, -0.1) is 11.8 Å². The van der Waals surface area contributed by atoms with Crippen LogP contribution in [0, 0.1) is 0 Å². The van der Waals surface area contributed by atoms with E-state index in [0.717, 1.165) is 11.3 Å². The van der Waals surface area contributed by atoms with Crippen LogP contribution in [0.15, 0.2) is 35.3 Å². The molecule has 0 bridgehead atoms. The van der Waals surface area contributed by atoms with Gasteiger partial charge in [0.25, 0.3) is 0 Å². The van der Waals surface area contributed by atoms with Crippen molar-refractivity contribution in [3.05, 3.63) is 35.3 Å². The Morgan fingerprint density at radius 2 is 2.18 bits per heavy atom. The Hall–Kier alpha value is -0.430. The van der Waals surface area contributed by atoms with Crippen molar-refractivity contribution in [1.29, 1.82) is 0 Å². The van der Waals surface area contributed by atoms with E-state index in [2.05, 4.69) is 32.6 Å². The van der Waals surface area contributed by atoms with Gasteiger partial charge in [0.05, 0.1) is 0 Å². The highest BCUT2D eigenvalue weighted by atomic mass is 32.2. The first-order chi connectivity index (χ1) is 5.20. The summed E-state index contributed by atoms with van der Waals surface area (Å²) >= 11 is 1.67. The Bertz CT molecular complexity index is 175. The van der Waals surface area contributed by atoms with E-state index >= 15 is 0 Å². The van der Waals surface area contributed by atoms with Crippen LogP contribution in [0.5, 0.6) is 0 Å². The third-order valence-corrected chi connectivity index (χ3v) is 2.14. The molecular formula is C10H16S. The molecule has 0 aliphatic rings. The third kappa shape index (κ3) is 5.99. The monoisotopic (exact) mass is 168 g/mol. The van der Waals surface area contributed by atoms with Crippen LogP contribution < -0.4 is 0 Å². The van der Waals surface area contributed by atoms with Gasteiger partial charge in [0.2, 0.25) is 0 Å². The number of thioether (sulfide) groups is 1. The zero-order valence-electron chi connectivity index (χ0n) is 7.55. The summed E-state index contributed by atoms with van der Waals surface area (Å²) < 4.78 is 0. The van der Waals surface area contributed by atoms with Gasteiger partial charge >= 0.3 is 0 Å². The lowest BCUT2D eigenvalue weighted by molar-refractivity contribution is 1.10. The van der Waals surface area contributed by atoms with Crippen molar-refractivity contribution in [2.24, 2.45) is 0 Å². The van der Waals surface area contributed by atoms with Crippen molar-refractivity contribution in [2.45, 2.75) is 20.3 Å². The van der Waals surface area contributed by atoms with Gasteiger partial charge in [-0.25, -0.2) is 0 Å². The summed E-state index contributed by atoms with van der Waals surface area (Å²) in [5.74, 6) is 0. The maximum Gasteiger partial charge on any atom is -0.000285 e. The van der Waals surface area contributed by atoms with Crippen LogP contribution in [0.2, 0.25) is 0 Å². The Balaban J connectivity index is 3.85. The maximum atomic E-state index is 3.84. The minimum atomic E-state index is 1.10. The largest absolute Gasteiger partial charge is 0.130 e. The molecule has 0 heterocycles. The molecule has 0 N–H and O–H groups in total. The first-order valence-corrected chi connectivity index (χ1v) is 5.00. The van der Waals surface area contributed by atoms with Crippen molar-refractivity contribution >= 4 is 11.8 Å². The van der Waals surface area contributed by atoms with E-state index in [-0.39, 0.29) is 0 Å². The molecule has 0 rings (SSSR count). The van der Waals surface area contributed by atoms with E-state index in [0.29, 0.717) is 0 Å². The molecule has 0 nitrogen and oxygen atoms in total. The van der Waals surface area contributed by atoms with Crippen molar-refractivity contribution in [3.8, 4) is 0 Å². The topological polar surface area (TPSA) is 0 Å². The van der Waals surface area contributed by atoms with Crippen LogP contribution in [0.4, 0.5) is 0 Å². The second-order valence-electron chi connectivity index (χ2n) is 2.40. The lowest BCUT2D eigenvalue weighted by Gasteiger charge is -1.91. The molecular weight excluding hydrogens is 152 g/mol. The van der Waals surface area contributed by atoms with Gasteiger partial charge in [-0.3, -0.25) is 0 Å². The van der Waals surface area contributed by atoms with Gasteiger partial charge in [-0.1, -0.05) is 31.2 Å². The molecule has 0 radical (unpaired) electrons. The van der Waals surface area contributed by atoms with Crippen LogP contribution in [-0.4, -0.2) is 6.26 Å². The summed E-state index contributed by atoms with van der Waals surface area (Å²) in [4.78, 5) is 1.10. The molecule has 11 heavy (non-hydrogen) atoms. The fraction of sp³-hybridized carbons (Fsp3) is 0.400. The van der Waals surface area contributed by atoms with Crippen LogP contribution >= 0.6 is 11.8 Å². The van der Waals surface area contributed by atoms with Crippen molar-refractivity contribution in [2.75, 3.05) is 6.26 Å². The Morgan fingerprint density at radius 1 is 1.55 bits per heavy atom. The quantitative estimate of drug-likeness (QED) is 0.576. The number of hydrogen-bond donors (Lipinski definition) is 0. The van der Waals surface area contributed by atoms with E-state index in [1.54, 1.807) is 11.8 Å². The molecule has 0 atom stereocenters. The highest BCUT2D eigenvalue weighted by Crippen LogP contribution is 2.09. The minimum Gasteiger partial charge on any atom is -0.130 e. The summed E-state index contributed by atoms with van der Waals surface area (Å²) in [5, 5.41) is 0. The lowest BCUT2D eigenvalue weighted by Crippen LogP contribution is -1.68. The summed E-state index contributed by atoms with van der Waals surface area (Å²) in [5.41, 5.74) is 1.40. The Kier molecular flexibility index (Phi) is 6.05. The second-order valence-corrected chi connectivity index (χ2v) is 3.33. The molecule has 0 unspecified atom stereocenters. The molecule has 0 aromatic heterocycles. The predicted octanol–water partition coefficient (Wildman–Crippen LogP) is 3.78. The second kappa shape index (κ2) is 6.29. The molecule has 1 heteroatoms. The van der Waals surface area contributed by atoms with Crippen LogP contribution in [0.1, 0.15) is 20.3 Å². The van der Waals surface area contributed by atoms with Crippen LogP contribution in [-0.2, 0) is 0 Å². The van der Waals surface area contributed by atoms with Crippen molar-refractivity contribution < 1.29 is 0 Å². The highest BCUT2D eigenvalue weighted by molar-refractivity contribution is 8.02. The number of rotatable bonds is 4. The summed E-state index contributed by atoms with van der Waals surface area (Å²) in [6.07, 6.45) is 9.36. The predicted molar refractivity (Wildman–Crippen MR) is 55.8 cm³/mol. The molecule has 0 saturated carbocycles. The van der Waals surface area contributed by atoms with Crippen LogP contribution in [0.25, 0.3) is 0 Å². The van der Waals surface area contributed by atoms with Gasteiger partial charge < -0.3 is 0 Å². The molecule has 0 spiro atoms. The molecule has 0 fully saturated rings. The Morgan fingerprint density at radius 3 is 2.64 bits per heavy atom. The van der Waals surface area contributed by atoms with Crippen LogP contribution in [0.3, 0.4) is 0 Å². The maximum absolute atomic E-state index is 3.84. The average Bonchev–Trinajstić information content (AvgIpc) is 2.04. The zero-order chi connectivity index (χ0) is 8.69. The van der Waals surface area contributed by atoms with Gasteiger partial charge in [0.15, 0.2) is 0 Å². The zero-order valence-corrected chi connectivity index (χ0v) is 8.37. The van der Waals surface area contributed by atoms with Crippen molar-refractivity contribution in [1.82, 2.24) is 0 Å². The number of hydrogen-bond acceptors (Lipinski definition) is 1. The Labute approximate surface area is 74.1 Å². The smallest absolute Gasteiger partial charge is 0.000285 e. The van der Waals surface area contributed by atoms with E-state index in [4.69, 9.17) is 0 Å². The summed E-state index contributed by atoms with van der Waals surface area (Å²) in [6.45, 7) is 8.13. The molecule has 0 saturated heterocycles. The highest BCUT2D eigenvalue weighted by Gasteiger charge is 1.81. The molecule has 0 aliphatic carbocycles. The average molecular weight is 168 g/mol.